The number of ether oxygens (including phenoxy) is 1. The Morgan fingerprint density at radius 3 is 2.70 bits per heavy atom. The summed E-state index contributed by atoms with van der Waals surface area (Å²) in [4.78, 5) is 18.4. The number of nitrogens with zero attached hydrogens (tertiary/aromatic N) is 4. The lowest BCUT2D eigenvalue weighted by Crippen LogP contribution is -2.37. The molecule has 0 aliphatic rings. The summed E-state index contributed by atoms with van der Waals surface area (Å²) in [6.45, 7) is 0.731. The van der Waals surface area contributed by atoms with Gasteiger partial charge in [-0.1, -0.05) is 6.07 Å². The van der Waals surface area contributed by atoms with Gasteiger partial charge in [0.05, 0.1) is 23.5 Å². The Bertz CT molecular complexity index is 962. The van der Waals surface area contributed by atoms with Crippen molar-refractivity contribution in [2.75, 3.05) is 25.6 Å². The summed E-state index contributed by atoms with van der Waals surface area (Å²) < 4.78 is 46.1. The Hall–Kier alpha value is -3.40. The minimum atomic E-state index is -4.55. The van der Waals surface area contributed by atoms with E-state index in [0.717, 1.165) is 17.7 Å². The van der Waals surface area contributed by atoms with Gasteiger partial charge in [0, 0.05) is 45.0 Å². The van der Waals surface area contributed by atoms with Crippen molar-refractivity contribution in [2.24, 2.45) is 0 Å². The molecular formula is C20H20F3N5O2. The summed E-state index contributed by atoms with van der Waals surface area (Å²) in [6.07, 6.45) is 1.76. The van der Waals surface area contributed by atoms with Crippen LogP contribution < -0.4 is 5.32 Å². The maximum absolute atomic E-state index is 13.2. The lowest BCUT2D eigenvalue weighted by molar-refractivity contribution is -0.137. The predicted molar refractivity (Wildman–Crippen MR) is 104 cm³/mol. The van der Waals surface area contributed by atoms with E-state index in [-0.39, 0.29) is 25.4 Å². The highest BCUT2D eigenvalue weighted by Crippen LogP contribution is 2.33. The molecule has 1 N–H and O–H groups in total. The van der Waals surface area contributed by atoms with Gasteiger partial charge in [-0.25, -0.2) is 9.48 Å². The minimum Gasteiger partial charge on any atom is -0.383 e. The highest BCUT2D eigenvalue weighted by molar-refractivity contribution is 5.91. The molecule has 3 rings (SSSR count). The molecule has 2 aromatic heterocycles. The molecule has 0 bridgehead atoms. The number of hydrogen-bond acceptors (Lipinski definition) is 4. The molecule has 0 atom stereocenters. The highest BCUT2D eigenvalue weighted by Gasteiger charge is 2.31. The Balaban J connectivity index is 1.90. The summed E-state index contributed by atoms with van der Waals surface area (Å²) in [5.41, 5.74) is 0.214. The lowest BCUT2D eigenvalue weighted by atomic mass is 10.1. The molecule has 7 nitrogen and oxygen atoms in total. The molecule has 0 saturated heterocycles. The zero-order valence-electron chi connectivity index (χ0n) is 16.1. The maximum atomic E-state index is 13.2. The van der Waals surface area contributed by atoms with Crippen LogP contribution in [0.1, 0.15) is 11.1 Å². The second-order valence-corrected chi connectivity index (χ2v) is 6.39. The van der Waals surface area contributed by atoms with E-state index in [1.54, 1.807) is 36.8 Å². The van der Waals surface area contributed by atoms with E-state index in [9.17, 15) is 18.0 Å². The molecular weight excluding hydrogens is 399 g/mol. The van der Waals surface area contributed by atoms with Crippen molar-refractivity contribution < 1.29 is 22.7 Å². The second-order valence-electron chi connectivity index (χ2n) is 6.39. The van der Waals surface area contributed by atoms with Crippen LogP contribution in [-0.4, -0.2) is 46.0 Å². The number of halogens is 3. The first kappa shape index (κ1) is 21.3. The molecule has 158 valence electrons. The van der Waals surface area contributed by atoms with Gasteiger partial charge in [0.1, 0.15) is 0 Å². The molecule has 0 unspecified atom stereocenters. The van der Waals surface area contributed by atoms with Gasteiger partial charge in [-0.2, -0.15) is 18.3 Å². The molecule has 3 aromatic rings. The average molecular weight is 419 g/mol. The number of benzene rings is 1. The molecule has 30 heavy (non-hydrogen) atoms. The maximum Gasteiger partial charge on any atom is 0.416 e. The summed E-state index contributed by atoms with van der Waals surface area (Å²) in [7, 11) is 1.50. The normalized spacial score (nSPS) is 11.3. The van der Waals surface area contributed by atoms with E-state index in [1.165, 1.54) is 29.0 Å². The van der Waals surface area contributed by atoms with Crippen molar-refractivity contribution >= 4 is 11.7 Å². The Kier molecular flexibility index (Phi) is 6.68. The number of urea groups is 1. The van der Waals surface area contributed by atoms with Crippen LogP contribution in [0.4, 0.5) is 23.7 Å². The molecule has 10 heteroatoms. The average Bonchev–Trinajstić information content (AvgIpc) is 3.25. The van der Waals surface area contributed by atoms with Crippen LogP contribution in [0.3, 0.4) is 0 Å². The third-order valence-corrected chi connectivity index (χ3v) is 4.27. The van der Waals surface area contributed by atoms with Crippen molar-refractivity contribution in [1.29, 1.82) is 0 Å². The van der Waals surface area contributed by atoms with Crippen molar-refractivity contribution in [3.8, 4) is 5.69 Å². The lowest BCUT2D eigenvalue weighted by Gasteiger charge is -2.24. The van der Waals surface area contributed by atoms with Crippen molar-refractivity contribution in [3.63, 3.8) is 0 Å². The fourth-order valence-electron chi connectivity index (χ4n) is 2.78. The highest BCUT2D eigenvalue weighted by atomic mass is 19.4. The fourth-order valence-corrected chi connectivity index (χ4v) is 2.78. The Morgan fingerprint density at radius 1 is 1.23 bits per heavy atom. The molecule has 0 radical (unpaired) electrons. The fraction of sp³-hybridized carbons (Fsp3) is 0.250. The zero-order chi connectivity index (χ0) is 21.6. The number of pyridine rings is 1. The van der Waals surface area contributed by atoms with E-state index >= 15 is 0 Å². The Morgan fingerprint density at radius 2 is 2.07 bits per heavy atom. The molecule has 2 heterocycles. The van der Waals surface area contributed by atoms with Gasteiger partial charge in [0.25, 0.3) is 0 Å². The minimum absolute atomic E-state index is 0.00729. The molecule has 0 aliphatic heterocycles. The summed E-state index contributed by atoms with van der Waals surface area (Å²) >= 11 is 0. The molecule has 0 saturated carbocycles. The Labute approximate surface area is 171 Å². The first-order valence-electron chi connectivity index (χ1n) is 9.03. The largest absolute Gasteiger partial charge is 0.416 e. The number of carbonyl (C=O) groups is 1. The zero-order valence-corrected chi connectivity index (χ0v) is 16.1. The molecule has 0 spiro atoms. The number of anilines is 1. The standard InChI is InChI=1S/C20H20F3N5O2/c1-30-11-10-27(14-15-4-2-7-24-13-15)19(29)26-17-12-16(20(21,22)23)5-6-18(17)28-9-3-8-25-28/h2-9,12-13H,10-11,14H2,1H3,(H,26,29). The van der Waals surface area contributed by atoms with Crippen LogP contribution in [0.2, 0.25) is 0 Å². The van der Waals surface area contributed by atoms with Gasteiger partial charge in [-0.3, -0.25) is 4.98 Å². The number of carbonyl (C=O) groups excluding carboxylic acids is 1. The van der Waals surface area contributed by atoms with Crippen LogP contribution >= 0.6 is 0 Å². The third kappa shape index (κ3) is 5.35. The predicted octanol–water partition coefficient (Wildman–Crippen LogP) is 3.97. The SMILES string of the molecule is COCCN(Cc1cccnc1)C(=O)Nc1cc(C(F)(F)F)ccc1-n1cccn1. The van der Waals surface area contributed by atoms with Crippen molar-refractivity contribution in [1.82, 2.24) is 19.7 Å². The molecule has 0 aliphatic carbocycles. The molecule has 0 fully saturated rings. The van der Waals surface area contributed by atoms with Gasteiger partial charge < -0.3 is 15.0 Å². The number of rotatable bonds is 7. The van der Waals surface area contributed by atoms with Crippen LogP contribution in [0, 0.1) is 0 Å². The van der Waals surface area contributed by atoms with E-state index < -0.39 is 17.8 Å². The van der Waals surface area contributed by atoms with Crippen molar-refractivity contribution in [2.45, 2.75) is 12.7 Å². The van der Waals surface area contributed by atoms with Crippen LogP contribution in [0.5, 0.6) is 0 Å². The second kappa shape index (κ2) is 9.40. The summed E-state index contributed by atoms with van der Waals surface area (Å²) in [5, 5.41) is 6.64. The summed E-state index contributed by atoms with van der Waals surface area (Å²) in [6, 6.07) is 7.73. The first-order chi connectivity index (χ1) is 14.4. The van der Waals surface area contributed by atoms with Gasteiger partial charge in [0.2, 0.25) is 0 Å². The van der Waals surface area contributed by atoms with E-state index in [1.807, 2.05) is 0 Å². The summed E-state index contributed by atoms with van der Waals surface area (Å²) in [5.74, 6) is 0. The van der Waals surface area contributed by atoms with E-state index in [2.05, 4.69) is 15.4 Å². The monoisotopic (exact) mass is 419 g/mol. The number of alkyl halides is 3. The van der Waals surface area contributed by atoms with Gasteiger partial charge >= 0.3 is 12.2 Å². The van der Waals surface area contributed by atoms with Crippen molar-refractivity contribution in [3.05, 3.63) is 72.3 Å². The van der Waals surface area contributed by atoms with Gasteiger partial charge in [-0.05, 0) is 35.9 Å². The number of hydrogen-bond donors (Lipinski definition) is 1. The number of methoxy groups -OCH3 is 1. The van der Waals surface area contributed by atoms with Gasteiger partial charge in [-0.15, -0.1) is 0 Å². The van der Waals surface area contributed by atoms with Crippen LogP contribution in [-0.2, 0) is 17.5 Å². The molecule has 2 amide bonds. The quantitative estimate of drug-likeness (QED) is 0.629. The van der Waals surface area contributed by atoms with E-state index in [4.69, 9.17) is 4.74 Å². The number of nitrogens with one attached hydrogen (secondary N) is 1. The van der Waals surface area contributed by atoms with Crippen LogP contribution in [0.25, 0.3) is 5.69 Å². The number of aromatic nitrogens is 3. The van der Waals surface area contributed by atoms with Gasteiger partial charge in [0.15, 0.2) is 0 Å². The van der Waals surface area contributed by atoms with Crippen LogP contribution in [0.15, 0.2) is 61.2 Å². The van der Waals surface area contributed by atoms with E-state index in [0.29, 0.717) is 5.69 Å². The number of amides is 2. The topological polar surface area (TPSA) is 72.3 Å². The smallest absolute Gasteiger partial charge is 0.383 e. The first-order valence-corrected chi connectivity index (χ1v) is 9.03. The third-order valence-electron chi connectivity index (χ3n) is 4.27. The molecule has 1 aromatic carbocycles.